The molecule has 0 aromatic heterocycles. The molecule has 14 heavy (non-hydrogen) atoms. The molecule has 1 nitrogen and oxygen atoms in total. The Morgan fingerprint density at radius 3 is 2.43 bits per heavy atom. The third-order valence-electron chi connectivity index (χ3n) is 1.15. The van der Waals surface area contributed by atoms with Crippen LogP contribution in [0, 0.1) is 13.0 Å². The average molecular weight is 320 g/mol. The van der Waals surface area contributed by atoms with Gasteiger partial charge in [-0.25, -0.2) is 0 Å². The van der Waals surface area contributed by atoms with Crippen molar-refractivity contribution in [1.29, 1.82) is 0 Å². The molecule has 0 heterocycles. The fraction of sp³-hybridized carbons (Fsp3) is 0.250. The first-order chi connectivity index (χ1) is 6.47. The van der Waals surface area contributed by atoms with Crippen LogP contribution in [0.15, 0.2) is 18.2 Å². The molecule has 0 bridgehead atoms. The zero-order chi connectivity index (χ0) is 11.2. The second-order valence-electron chi connectivity index (χ2n) is 2.26. The molecule has 0 saturated carbocycles. The molecule has 0 atom stereocenters. The van der Waals surface area contributed by atoms with Gasteiger partial charge >= 0.3 is 36.3 Å². The summed E-state index contributed by atoms with van der Waals surface area (Å²) in [5.74, 6) is -0.209. The summed E-state index contributed by atoms with van der Waals surface area (Å²) >= 11 is 4.25. The molecule has 1 aromatic carbocycles. The topological polar surface area (TPSA) is 9.23 Å². The van der Waals surface area contributed by atoms with Crippen molar-refractivity contribution in [3.63, 3.8) is 0 Å². The predicted octanol–water partition coefficient (Wildman–Crippen LogP) is 3.54. The standard InChI is InChI=1S/C8H6F3O.BrH.Zn/c1-6-3-2-4-7(5-6)12-8(9,10)11;;/h2,4-5H,1H3;1H;/q-1;;+2/p-1. The molecule has 0 saturated heterocycles. The van der Waals surface area contributed by atoms with Crippen molar-refractivity contribution in [2.24, 2.45) is 0 Å². The van der Waals surface area contributed by atoms with E-state index in [1.807, 2.05) is 0 Å². The minimum absolute atomic E-state index is 0.209. The Labute approximate surface area is 96.7 Å². The SMILES string of the molecule is Cc1[c-]ccc(OC(F)(F)F)c1.[Zn+][Br]. The Kier molecular flexibility index (Phi) is 6.37. The number of aryl methyl sites for hydroxylation is 1. The van der Waals surface area contributed by atoms with E-state index < -0.39 is 6.36 Å². The molecule has 0 amide bonds. The number of rotatable bonds is 1. The Morgan fingerprint density at radius 2 is 2.00 bits per heavy atom. The zero-order valence-electron chi connectivity index (χ0n) is 7.36. The number of ether oxygens (including phenoxy) is 1. The van der Waals surface area contributed by atoms with E-state index in [-0.39, 0.29) is 5.75 Å². The van der Waals surface area contributed by atoms with Crippen LogP contribution in [0.25, 0.3) is 0 Å². The maximum absolute atomic E-state index is 11.6. The van der Waals surface area contributed by atoms with Crippen molar-refractivity contribution >= 4 is 13.6 Å². The van der Waals surface area contributed by atoms with Crippen LogP contribution in [0.1, 0.15) is 5.56 Å². The molecule has 1 rings (SSSR count). The monoisotopic (exact) mass is 318 g/mol. The zero-order valence-corrected chi connectivity index (χ0v) is 11.9. The predicted molar refractivity (Wildman–Crippen MR) is 45.6 cm³/mol. The molecule has 0 unspecified atom stereocenters. The van der Waals surface area contributed by atoms with Gasteiger partial charge in [0.2, 0.25) is 0 Å². The number of hydrogen-bond donors (Lipinski definition) is 0. The van der Waals surface area contributed by atoms with Gasteiger partial charge in [-0.15, -0.1) is 25.3 Å². The number of halogens is 4. The van der Waals surface area contributed by atoms with Crippen molar-refractivity contribution in [3.8, 4) is 5.75 Å². The second-order valence-corrected chi connectivity index (χ2v) is 2.26. The molecule has 0 spiro atoms. The van der Waals surface area contributed by atoms with Gasteiger partial charge in [0.25, 0.3) is 0 Å². The van der Waals surface area contributed by atoms with Crippen LogP contribution >= 0.6 is 13.6 Å². The first kappa shape index (κ1) is 13.9. The van der Waals surface area contributed by atoms with Crippen molar-refractivity contribution in [2.75, 3.05) is 0 Å². The first-order valence-corrected chi connectivity index (χ1v) is 10.4. The van der Waals surface area contributed by atoms with Crippen LogP contribution in [0.4, 0.5) is 13.2 Å². The fourth-order valence-electron chi connectivity index (χ4n) is 0.756. The molecule has 0 aliphatic carbocycles. The summed E-state index contributed by atoms with van der Waals surface area (Å²) in [6, 6.07) is 6.58. The van der Waals surface area contributed by atoms with Crippen LogP contribution in [-0.2, 0) is 16.3 Å². The first-order valence-electron chi connectivity index (χ1n) is 3.48. The minimum atomic E-state index is -4.62. The van der Waals surface area contributed by atoms with Crippen LogP contribution in [0.3, 0.4) is 0 Å². The summed E-state index contributed by atoms with van der Waals surface area (Å²) in [4.78, 5) is 0. The third kappa shape index (κ3) is 6.38. The second kappa shape index (κ2) is 6.41. The van der Waals surface area contributed by atoms with Crippen molar-refractivity contribution in [2.45, 2.75) is 13.3 Å². The summed E-state index contributed by atoms with van der Waals surface area (Å²) < 4.78 is 38.6. The van der Waals surface area contributed by atoms with E-state index in [9.17, 15) is 13.2 Å². The maximum atomic E-state index is 11.6. The van der Waals surface area contributed by atoms with Gasteiger partial charge in [0.05, 0.1) is 0 Å². The Morgan fingerprint density at radius 1 is 1.43 bits per heavy atom. The number of hydrogen-bond acceptors (Lipinski definition) is 1. The molecule has 0 aliphatic rings. The molecule has 6 heteroatoms. The van der Waals surface area contributed by atoms with Gasteiger partial charge in [-0.1, -0.05) is 6.92 Å². The average Bonchev–Trinajstić information content (AvgIpc) is 2.04. The Balaban J connectivity index is 0.000000791. The van der Waals surface area contributed by atoms with Gasteiger partial charge in [0, 0.05) is 5.75 Å². The van der Waals surface area contributed by atoms with Crippen LogP contribution in [0.2, 0.25) is 0 Å². The molecule has 74 valence electrons. The van der Waals surface area contributed by atoms with E-state index in [1.165, 1.54) is 34.5 Å². The Bertz CT molecular complexity index is 278. The van der Waals surface area contributed by atoms with Gasteiger partial charge in [-0.2, -0.15) is 17.7 Å². The van der Waals surface area contributed by atoms with E-state index >= 15 is 0 Å². The van der Waals surface area contributed by atoms with Crippen molar-refractivity contribution in [1.82, 2.24) is 0 Å². The molecule has 1 aromatic rings. The fourth-order valence-corrected chi connectivity index (χ4v) is 0.756. The number of benzene rings is 1. The molecule has 0 radical (unpaired) electrons. The van der Waals surface area contributed by atoms with Gasteiger partial charge in [-0.05, 0) is 0 Å². The van der Waals surface area contributed by atoms with Gasteiger partial charge in [-0.3, -0.25) is 0 Å². The van der Waals surface area contributed by atoms with Crippen LogP contribution < -0.4 is 4.74 Å². The van der Waals surface area contributed by atoms with Gasteiger partial charge in [0.1, 0.15) is 0 Å². The third-order valence-corrected chi connectivity index (χ3v) is 1.15. The summed E-state index contributed by atoms with van der Waals surface area (Å²) in [6.07, 6.45) is -4.62. The van der Waals surface area contributed by atoms with Gasteiger partial charge in [0.15, 0.2) is 0 Å². The number of alkyl halides is 3. The summed E-state index contributed by atoms with van der Waals surface area (Å²) in [6.45, 7) is 1.64. The van der Waals surface area contributed by atoms with E-state index in [2.05, 4.69) is 24.4 Å². The van der Waals surface area contributed by atoms with Gasteiger partial charge < -0.3 is 4.74 Å². The van der Waals surface area contributed by atoms with E-state index in [0.717, 1.165) is 0 Å². The van der Waals surface area contributed by atoms with Crippen LogP contribution in [0.5, 0.6) is 5.75 Å². The van der Waals surface area contributed by atoms with Crippen LogP contribution in [-0.4, -0.2) is 6.36 Å². The van der Waals surface area contributed by atoms with E-state index in [1.54, 1.807) is 6.92 Å². The summed E-state index contributed by atoms with van der Waals surface area (Å²) in [5, 5.41) is 0. The summed E-state index contributed by atoms with van der Waals surface area (Å²) in [7, 11) is 0. The van der Waals surface area contributed by atoms with Crippen molar-refractivity contribution in [3.05, 3.63) is 29.8 Å². The molecule has 0 fully saturated rings. The molecule has 0 N–H and O–H groups in total. The molecule has 0 aliphatic heterocycles. The normalized spacial score (nSPS) is 10.2. The van der Waals surface area contributed by atoms with E-state index in [4.69, 9.17) is 0 Å². The van der Waals surface area contributed by atoms with E-state index in [0.29, 0.717) is 5.56 Å². The molecular formula is C8H6BrF3OZn. The Hall–Kier alpha value is -0.0866. The van der Waals surface area contributed by atoms with Crippen molar-refractivity contribution < 1.29 is 34.3 Å². The quantitative estimate of drug-likeness (QED) is 0.568. The summed E-state index contributed by atoms with van der Waals surface area (Å²) in [5.41, 5.74) is 0.608. The molecular weight excluding hydrogens is 314 g/mol.